The maximum atomic E-state index is 12.7. The Morgan fingerprint density at radius 1 is 1.10 bits per heavy atom. The lowest BCUT2D eigenvalue weighted by atomic mass is 10.0. The van der Waals surface area contributed by atoms with E-state index in [9.17, 15) is 18.0 Å². The Labute approximate surface area is 169 Å². The molecule has 1 unspecified atom stereocenters. The van der Waals surface area contributed by atoms with Crippen LogP contribution in [0.3, 0.4) is 0 Å². The first-order chi connectivity index (χ1) is 13.8. The molecule has 1 aromatic heterocycles. The van der Waals surface area contributed by atoms with E-state index in [2.05, 4.69) is 25.9 Å². The Kier molecular flexibility index (Phi) is 6.48. The van der Waals surface area contributed by atoms with Crippen LogP contribution in [0.5, 0.6) is 0 Å². The summed E-state index contributed by atoms with van der Waals surface area (Å²) in [5.74, 6) is 0.151. The maximum Gasteiger partial charge on any atom is 0.416 e. The fourth-order valence-electron chi connectivity index (χ4n) is 2.89. The minimum atomic E-state index is -4.40. The molecule has 0 radical (unpaired) electrons. The average Bonchev–Trinajstić information content (AvgIpc) is 3.14. The van der Waals surface area contributed by atoms with Crippen molar-refractivity contribution in [3.05, 3.63) is 76.1 Å². The average molecular weight is 424 g/mol. The standard InChI is InChI=1S/C19H17ClF3N5O/c20-15-3-1-2-13(8-15)10-18(29)24-16(11-17-25-27-28-26-17)9-12-4-6-14(7-5-12)19(21,22)23/h1-8,16H,9-11H2,(H,24,29)(H,25,26,27,28). The van der Waals surface area contributed by atoms with E-state index in [4.69, 9.17) is 11.6 Å². The Morgan fingerprint density at radius 3 is 2.48 bits per heavy atom. The topological polar surface area (TPSA) is 83.6 Å². The van der Waals surface area contributed by atoms with Gasteiger partial charge in [-0.1, -0.05) is 41.1 Å². The van der Waals surface area contributed by atoms with Crippen LogP contribution in [0.1, 0.15) is 22.5 Å². The lowest BCUT2D eigenvalue weighted by Gasteiger charge is -2.18. The van der Waals surface area contributed by atoms with Gasteiger partial charge in [0, 0.05) is 17.5 Å². The summed E-state index contributed by atoms with van der Waals surface area (Å²) in [6.45, 7) is 0. The summed E-state index contributed by atoms with van der Waals surface area (Å²) >= 11 is 5.94. The van der Waals surface area contributed by atoms with Crippen LogP contribution in [0.25, 0.3) is 0 Å². The third-order valence-electron chi connectivity index (χ3n) is 4.20. The lowest BCUT2D eigenvalue weighted by molar-refractivity contribution is -0.137. The molecule has 0 aliphatic rings. The van der Waals surface area contributed by atoms with Gasteiger partial charge in [-0.05, 0) is 41.8 Å². The highest BCUT2D eigenvalue weighted by atomic mass is 35.5. The number of rotatable bonds is 7. The number of benzene rings is 2. The molecule has 3 rings (SSSR count). The Morgan fingerprint density at radius 2 is 1.86 bits per heavy atom. The first-order valence-electron chi connectivity index (χ1n) is 8.72. The minimum absolute atomic E-state index is 0.121. The molecule has 0 aliphatic carbocycles. The van der Waals surface area contributed by atoms with Crippen LogP contribution >= 0.6 is 11.6 Å². The van der Waals surface area contributed by atoms with E-state index in [1.165, 1.54) is 12.1 Å². The van der Waals surface area contributed by atoms with Crippen LogP contribution in [0.15, 0.2) is 48.5 Å². The van der Waals surface area contributed by atoms with Crippen molar-refractivity contribution in [1.82, 2.24) is 25.9 Å². The fourth-order valence-corrected chi connectivity index (χ4v) is 3.10. The normalized spacial score (nSPS) is 12.6. The number of carbonyl (C=O) groups is 1. The van der Waals surface area contributed by atoms with Crippen LogP contribution in [0.2, 0.25) is 5.02 Å². The van der Waals surface area contributed by atoms with Gasteiger partial charge in [0.2, 0.25) is 5.91 Å². The maximum absolute atomic E-state index is 12.7. The van der Waals surface area contributed by atoms with E-state index in [1.54, 1.807) is 24.3 Å². The van der Waals surface area contributed by atoms with E-state index in [0.29, 0.717) is 22.8 Å². The number of hydrogen-bond donors (Lipinski definition) is 2. The molecular weight excluding hydrogens is 407 g/mol. The van der Waals surface area contributed by atoms with Crippen molar-refractivity contribution in [3.63, 3.8) is 0 Å². The molecule has 0 saturated carbocycles. The number of nitrogens with zero attached hydrogens (tertiary/aromatic N) is 3. The van der Waals surface area contributed by atoms with Crippen LogP contribution in [-0.2, 0) is 30.2 Å². The van der Waals surface area contributed by atoms with Gasteiger partial charge in [-0.15, -0.1) is 10.2 Å². The van der Waals surface area contributed by atoms with Crippen molar-refractivity contribution in [2.45, 2.75) is 31.5 Å². The summed E-state index contributed by atoms with van der Waals surface area (Å²) in [4.78, 5) is 12.5. The number of nitrogens with one attached hydrogen (secondary N) is 2. The molecule has 0 spiro atoms. The zero-order chi connectivity index (χ0) is 20.9. The second-order valence-corrected chi connectivity index (χ2v) is 6.94. The van der Waals surface area contributed by atoms with Crippen molar-refractivity contribution in [1.29, 1.82) is 0 Å². The molecular formula is C19H17ClF3N5O. The summed E-state index contributed by atoms with van der Waals surface area (Å²) in [6, 6.07) is 11.4. The Balaban J connectivity index is 1.69. The molecule has 0 saturated heterocycles. The van der Waals surface area contributed by atoms with Gasteiger partial charge in [0.25, 0.3) is 0 Å². The van der Waals surface area contributed by atoms with Gasteiger partial charge in [0.1, 0.15) is 0 Å². The number of carbonyl (C=O) groups excluding carboxylic acids is 1. The highest BCUT2D eigenvalue weighted by Gasteiger charge is 2.30. The predicted octanol–water partition coefficient (Wildman–Crippen LogP) is 3.38. The molecule has 2 aromatic carbocycles. The predicted molar refractivity (Wildman–Crippen MR) is 100 cm³/mol. The molecule has 3 aromatic rings. The van der Waals surface area contributed by atoms with Gasteiger partial charge < -0.3 is 5.32 Å². The number of tetrazole rings is 1. The number of alkyl halides is 3. The van der Waals surface area contributed by atoms with Crippen molar-refractivity contribution < 1.29 is 18.0 Å². The fraction of sp³-hybridized carbons (Fsp3) is 0.263. The quantitative estimate of drug-likeness (QED) is 0.610. The van der Waals surface area contributed by atoms with Gasteiger partial charge in [0.05, 0.1) is 12.0 Å². The second kappa shape index (κ2) is 9.04. The first kappa shape index (κ1) is 20.8. The van der Waals surface area contributed by atoms with Gasteiger partial charge >= 0.3 is 6.18 Å². The molecule has 6 nitrogen and oxygen atoms in total. The summed E-state index contributed by atoms with van der Waals surface area (Å²) < 4.78 is 38.2. The molecule has 152 valence electrons. The number of hydrogen-bond acceptors (Lipinski definition) is 4. The highest BCUT2D eigenvalue weighted by molar-refractivity contribution is 6.30. The molecule has 1 amide bonds. The van der Waals surface area contributed by atoms with Crippen LogP contribution in [0.4, 0.5) is 13.2 Å². The summed E-state index contributed by atoms with van der Waals surface area (Å²) in [5.41, 5.74) is 0.679. The molecule has 10 heteroatoms. The molecule has 0 aliphatic heterocycles. The smallest absolute Gasteiger partial charge is 0.352 e. The first-order valence-corrected chi connectivity index (χ1v) is 9.09. The zero-order valence-electron chi connectivity index (χ0n) is 15.1. The summed E-state index contributed by atoms with van der Waals surface area (Å²) in [6.07, 6.45) is -3.68. The minimum Gasteiger partial charge on any atom is -0.352 e. The van der Waals surface area contributed by atoms with E-state index < -0.39 is 17.8 Å². The largest absolute Gasteiger partial charge is 0.416 e. The molecule has 1 heterocycles. The van der Waals surface area contributed by atoms with Crippen LogP contribution in [-0.4, -0.2) is 32.6 Å². The van der Waals surface area contributed by atoms with Crippen molar-refractivity contribution in [3.8, 4) is 0 Å². The molecule has 0 bridgehead atoms. The van der Waals surface area contributed by atoms with Gasteiger partial charge in [-0.2, -0.15) is 18.4 Å². The van der Waals surface area contributed by atoms with Crippen LogP contribution < -0.4 is 5.32 Å². The molecule has 29 heavy (non-hydrogen) atoms. The van der Waals surface area contributed by atoms with Gasteiger partial charge in [0.15, 0.2) is 5.82 Å². The SMILES string of the molecule is O=C(Cc1cccc(Cl)c1)NC(Cc1ccc(C(F)(F)F)cc1)Cc1nn[nH]n1. The van der Waals surface area contributed by atoms with Crippen LogP contribution in [0, 0.1) is 0 Å². The van der Waals surface area contributed by atoms with Crippen molar-refractivity contribution in [2.24, 2.45) is 0 Å². The van der Waals surface area contributed by atoms with E-state index in [1.807, 2.05) is 0 Å². The Hall–Kier alpha value is -2.94. The van der Waals surface area contributed by atoms with Crippen molar-refractivity contribution >= 4 is 17.5 Å². The second-order valence-electron chi connectivity index (χ2n) is 6.50. The number of aromatic nitrogens is 4. The Bertz CT molecular complexity index is 945. The third-order valence-corrected chi connectivity index (χ3v) is 4.44. The number of H-pyrrole nitrogens is 1. The molecule has 0 fully saturated rings. The number of halogens is 4. The van der Waals surface area contributed by atoms with E-state index in [0.717, 1.165) is 17.7 Å². The van der Waals surface area contributed by atoms with Gasteiger partial charge in [-0.3, -0.25) is 4.79 Å². The monoisotopic (exact) mass is 423 g/mol. The van der Waals surface area contributed by atoms with Gasteiger partial charge in [-0.25, -0.2) is 0 Å². The summed E-state index contributed by atoms with van der Waals surface area (Å²) in [5, 5.41) is 17.0. The highest BCUT2D eigenvalue weighted by Crippen LogP contribution is 2.29. The summed E-state index contributed by atoms with van der Waals surface area (Å²) in [7, 11) is 0. The van der Waals surface area contributed by atoms with E-state index >= 15 is 0 Å². The van der Waals surface area contributed by atoms with E-state index in [-0.39, 0.29) is 18.7 Å². The molecule has 1 atom stereocenters. The third kappa shape index (κ3) is 6.28. The lowest BCUT2D eigenvalue weighted by Crippen LogP contribution is -2.39. The zero-order valence-corrected chi connectivity index (χ0v) is 15.8. The number of amides is 1. The molecule has 2 N–H and O–H groups in total. The van der Waals surface area contributed by atoms with Crippen molar-refractivity contribution in [2.75, 3.05) is 0 Å². The number of aromatic amines is 1.